The van der Waals surface area contributed by atoms with Crippen molar-refractivity contribution in [3.8, 4) is 11.3 Å². The Kier molecular flexibility index (Phi) is 3.17. The van der Waals surface area contributed by atoms with Gasteiger partial charge in [-0.15, -0.1) is 0 Å². The summed E-state index contributed by atoms with van der Waals surface area (Å²) in [6.45, 7) is 0. The molecule has 3 N–H and O–H groups in total. The molecule has 3 aromatic rings. The van der Waals surface area contributed by atoms with Crippen LogP contribution in [0.5, 0.6) is 0 Å². The van der Waals surface area contributed by atoms with Crippen LogP contribution in [0.2, 0.25) is 0 Å². The molecule has 0 aliphatic carbocycles. The maximum absolute atomic E-state index is 14.1. The van der Waals surface area contributed by atoms with Crippen LogP contribution in [-0.2, 0) is 0 Å². The highest BCUT2D eigenvalue weighted by Gasteiger charge is 2.15. The van der Waals surface area contributed by atoms with E-state index in [1.165, 1.54) is 6.20 Å². The number of rotatable bonds is 1. The van der Waals surface area contributed by atoms with Crippen LogP contribution in [0.15, 0.2) is 33.8 Å². The van der Waals surface area contributed by atoms with E-state index in [-0.39, 0.29) is 21.5 Å². The lowest BCUT2D eigenvalue weighted by Crippen LogP contribution is -2.07. The maximum Gasteiger partial charge on any atom is 0.258 e. The van der Waals surface area contributed by atoms with Gasteiger partial charge in [-0.3, -0.25) is 4.79 Å². The Morgan fingerprint density at radius 3 is 2.76 bits per heavy atom. The molecule has 5 nitrogen and oxygen atoms in total. The van der Waals surface area contributed by atoms with E-state index >= 15 is 0 Å². The van der Waals surface area contributed by atoms with Crippen LogP contribution in [0.3, 0.4) is 0 Å². The summed E-state index contributed by atoms with van der Waals surface area (Å²) >= 11 is 2.90. The summed E-state index contributed by atoms with van der Waals surface area (Å²) < 4.78 is 27.2. The number of aromatic amines is 1. The molecule has 0 saturated heterocycles. The molecule has 21 heavy (non-hydrogen) atoms. The summed E-state index contributed by atoms with van der Waals surface area (Å²) in [4.78, 5) is 21.4. The van der Waals surface area contributed by atoms with E-state index in [1.54, 1.807) is 12.1 Å². The van der Waals surface area contributed by atoms with Gasteiger partial charge in [0.05, 0.1) is 5.39 Å². The molecule has 2 heterocycles. The van der Waals surface area contributed by atoms with E-state index in [1.807, 2.05) is 0 Å². The molecule has 2 aromatic heterocycles. The third kappa shape index (κ3) is 2.27. The van der Waals surface area contributed by atoms with Crippen LogP contribution in [0.4, 0.5) is 14.6 Å². The maximum atomic E-state index is 14.1. The van der Waals surface area contributed by atoms with Crippen LogP contribution >= 0.6 is 15.9 Å². The topological polar surface area (TPSA) is 84.7 Å². The van der Waals surface area contributed by atoms with E-state index < -0.39 is 17.3 Å². The number of nitrogens with zero attached hydrogens (tertiary/aromatic N) is 2. The molecule has 8 heteroatoms. The number of hydrogen-bond acceptors (Lipinski definition) is 4. The third-order valence-corrected chi connectivity index (χ3v) is 3.44. The molecule has 3 rings (SSSR count). The van der Waals surface area contributed by atoms with Crippen molar-refractivity contribution in [2.24, 2.45) is 0 Å². The van der Waals surface area contributed by atoms with Crippen molar-refractivity contribution in [1.29, 1.82) is 0 Å². The molecular weight excluding hydrogens is 346 g/mol. The Morgan fingerprint density at radius 1 is 1.24 bits per heavy atom. The van der Waals surface area contributed by atoms with Gasteiger partial charge in [0.25, 0.3) is 5.56 Å². The van der Waals surface area contributed by atoms with Crippen molar-refractivity contribution >= 4 is 32.5 Å². The molecule has 0 aliphatic rings. The first kappa shape index (κ1) is 13.6. The zero-order chi connectivity index (χ0) is 15.1. The number of H-pyrrole nitrogens is 1. The normalized spacial score (nSPS) is 11.0. The largest absolute Gasteiger partial charge is 0.382 e. The molecule has 1 aromatic carbocycles. The predicted molar refractivity (Wildman–Crippen MR) is 77.6 cm³/mol. The van der Waals surface area contributed by atoms with E-state index in [0.717, 1.165) is 6.07 Å². The van der Waals surface area contributed by atoms with Gasteiger partial charge in [-0.2, -0.15) is 9.37 Å². The van der Waals surface area contributed by atoms with Crippen LogP contribution in [0, 0.1) is 11.8 Å². The van der Waals surface area contributed by atoms with Crippen molar-refractivity contribution in [2.75, 3.05) is 5.73 Å². The lowest BCUT2D eigenvalue weighted by molar-refractivity contribution is 0.571. The number of nitrogens with two attached hydrogens (primary N) is 1. The smallest absolute Gasteiger partial charge is 0.258 e. The van der Waals surface area contributed by atoms with Crippen LogP contribution < -0.4 is 11.3 Å². The fourth-order valence-corrected chi connectivity index (χ4v) is 2.30. The molecular formula is C13H7BrF2N4O. The highest BCUT2D eigenvalue weighted by molar-refractivity contribution is 9.10. The first-order chi connectivity index (χ1) is 9.97. The first-order valence-corrected chi connectivity index (χ1v) is 6.56. The number of fused-ring (bicyclic) bond motifs is 1. The van der Waals surface area contributed by atoms with Gasteiger partial charge >= 0.3 is 0 Å². The molecule has 0 unspecified atom stereocenters. The Balaban J connectivity index is 2.32. The molecule has 0 bridgehead atoms. The zero-order valence-electron chi connectivity index (χ0n) is 10.3. The number of benzene rings is 1. The predicted octanol–water partition coefficient (Wildman–Crippen LogP) is 2.61. The van der Waals surface area contributed by atoms with Crippen LogP contribution in [0.1, 0.15) is 0 Å². The molecule has 106 valence electrons. The summed E-state index contributed by atoms with van der Waals surface area (Å²) in [6.07, 6.45) is 1.41. The Labute approximate surface area is 125 Å². The number of halogens is 3. The second kappa shape index (κ2) is 4.88. The number of nitrogens with one attached hydrogen (secondary N) is 1. The highest BCUT2D eigenvalue weighted by atomic mass is 79.9. The van der Waals surface area contributed by atoms with Gasteiger partial charge in [-0.05, 0) is 39.5 Å². The molecule has 0 fully saturated rings. The summed E-state index contributed by atoms with van der Waals surface area (Å²) in [5.74, 6) is -1.74. The lowest BCUT2D eigenvalue weighted by Gasteiger charge is -2.07. The standard InChI is InChI=1S/C13H7BrF2N4O/c14-10-11(16)20-12(17)9(19-10)6-3-5-1-2-18-13(21)8(5)7(15)4-6/h1-4H,(H2,17,20)(H,18,21). The van der Waals surface area contributed by atoms with E-state index in [9.17, 15) is 13.6 Å². The van der Waals surface area contributed by atoms with Gasteiger partial charge in [-0.1, -0.05) is 0 Å². The second-order valence-corrected chi connectivity index (χ2v) is 5.02. The fraction of sp³-hybridized carbons (Fsp3) is 0. The molecule has 0 radical (unpaired) electrons. The molecule has 0 saturated carbocycles. The van der Waals surface area contributed by atoms with Gasteiger partial charge in [0.15, 0.2) is 10.4 Å². The van der Waals surface area contributed by atoms with Gasteiger partial charge in [-0.25, -0.2) is 9.37 Å². The first-order valence-electron chi connectivity index (χ1n) is 5.77. The van der Waals surface area contributed by atoms with Crippen molar-refractivity contribution < 1.29 is 8.78 Å². The van der Waals surface area contributed by atoms with Gasteiger partial charge < -0.3 is 10.7 Å². The molecule has 0 spiro atoms. The van der Waals surface area contributed by atoms with E-state index in [4.69, 9.17) is 5.73 Å². The average molecular weight is 353 g/mol. The van der Waals surface area contributed by atoms with Crippen molar-refractivity contribution in [3.63, 3.8) is 0 Å². The molecule has 0 aliphatic heterocycles. The molecule has 0 atom stereocenters. The van der Waals surface area contributed by atoms with Crippen molar-refractivity contribution in [3.05, 3.63) is 51.1 Å². The summed E-state index contributed by atoms with van der Waals surface area (Å²) in [5, 5.41) is 0.323. The minimum absolute atomic E-state index is 0.0612. The second-order valence-electron chi connectivity index (χ2n) is 4.27. The van der Waals surface area contributed by atoms with Gasteiger partial charge in [0.1, 0.15) is 11.5 Å². The Morgan fingerprint density at radius 2 is 2.00 bits per heavy atom. The zero-order valence-corrected chi connectivity index (χ0v) is 11.9. The lowest BCUT2D eigenvalue weighted by atomic mass is 10.1. The van der Waals surface area contributed by atoms with Crippen LogP contribution in [0.25, 0.3) is 22.0 Å². The summed E-state index contributed by atoms with van der Waals surface area (Å²) in [7, 11) is 0. The highest BCUT2D eigenvalue weighted by Crippen LogP contribution is 2.28. The van der Waals surface area contributed by atoms with Gasteiger partial charge in [0.2, 0.25) is 5.95 Å². The quantitative estimate of drug-likeness (QED) is 0.704. The van der Waals surface area contributed by atoms with E-state index in [2.05, 4.69) is 30.9 Å². The molecule has 0 amide bonds. The Bertz CT molecular complexity index is 926. The van der Waals surface area contributed by atoms with Crippen molar-refractivity contribution in [2.45, 2.75) is 0 Å². The SMILES string of the molecule is Nc1nc(F)c(Br)nc1-c1cc(F)c2c(=O)[nH]ccc2c1. The monoisotopic (exact) mass is 352 g/mol. The number of aromatic nitrogens is 3. The van der Waals surface area contributed by atoms with Crippen molar-refractivity contribution in [1.82, 2.24) is 15.0 Å². The van der Waals surface area contributed by atoms with Crippen LogP contribution in [-0.4, -0.2) is 15.0 Å². The minimum Gasteiger partial charge on any atom is -0.382 e. The third-order valence-electron chi connectivity index (χ3n) is 2.94. The number of hydrogen-bond donors (Lipinski definition) is 2. The fourth-order valence-electron chi connectivity index (χ4n) is 2.03. The number of nitrogen functional groups attached to an aromatic ring is 1. The number of pyridine rings is 1. The van der Waals surface area contributed by atoms with Gasteiger partial charge in [0, 0.05) is 11.8 Å². The number of anilines is 1. The summed E-state index contributed by atoms with van der Waals surface area (Å²) in [5.41, 5.74) is 5.52. The average Bonchev–Trinajstić information content (AvgIpc) is 2.42. The summed E-state index contributed by atoms with van der Waals surface area (Å²) in [6, 6.07) is 4.20. The Hall–Kier alpha value is -2.35. The van der Waals surface area contributed by atoms with E-state index in [0.29, 0.717) is 10.9 Å². The minimum atomic E-state index is -0.853.